The minimum Gasteiger partial charge on any atom is -0.373 e. The van der Waals surface area contributed by atoms with E-state index >= 15 is 0 Å². The van der Waals surface area contributed by atoms with Gasteiger partial charge in [0.05, 0.1) is 23.3 Å². The monoisotopic (exact) mass is 435 g/mol. The predicted octanol–water partition coefficient (Wildman–Crippen LogP) is 2.60. The SMILES string of the molecule is CC1CN(Cc2ccc(CNC(=O)CCN3C(=O)c4ccccc4C3=O)cc2)CC(C)O1. The van der Waals surface area contributed by atoms with Gasteiger partial charge in [-0.3, -0.25) is 24.2 Å². The summed E-state index contributed by atoms with van der Waals surface area (Å²) in [6.45, 7) is 7.42. The van der Waals surface area contributed by atoms with Crippen molar-refractivity contribution in [1.82, 2.24) is 15.1 Å². The van der Waals surface area contributed by atoms with E-state index in [1.165, 1.54) is 5.56 Å². The van der Waals surface area contributed by atoms with Crippen LogP contribution in [0.3, 0.4) is 0 Å². The molecule has 0 aromatic heterocycles. The summed E-state index contributed by atoms with van der Waals surface area (Å²) in [5.74, 6) is -0.863. The summed E-state index contributed by atoms with van der Waals surface area (Å²) < 4.78 is 5.79. The minimum atomic E-state index is -0.335. The van der Waals surface area contributed by atoms with Crippen LogP contribution >= 0.6 is 0 Å². The van der Waals surface area contributed by atoms with Crippen molar-refractivity contribution in [2.45, 2.75) is 45.6 Å². The maximum Gasteiger partial charge on any atom is 0.261 e. The third-order valence-corrected chi connectivity index (χ3v) is 5.85. The van der Waals surface area contributed by atoms with Crippen molar-refractivity contribution in [3.8, 4) is 0 Å². The van der Waals surface area contributed by atoms with Gasteiger partial charge >= 0.3 is 0 Å². The van der Waals surface area contributed by atoms with E-state index in [0.717, 1.165) is 30.1 Å². The Kier molecular flexibility index (Phi) is 6.67. The maximum absolute atomic E-state index is 12.4. The summed E-state index contributed by atoms with van der Waals surface area (Å²) in [6, 6.07) is 15.0. The lowest BCUT2D eigenvalue weighted by Crippen LogP contribution is -2.44. The largest absolute Gasteiger partial charge is 0.373 e. The molecule has 3 amide bonds. The summed E-state index contributed by atoms with van der Waals surface area (Å²) in [5, 5.41) is 2.87. The van der Waals surface area contributed by atoms with E-state index < -0.39 is 0 Å². The van der Waals surface area contributed by atoms with Crippen molar-refractivity contribution in [3.05, 3.63) is 70.8 Å². The Hall–Kier alpha value is -3.03. The van der Waals surface area contributed by atoms with Gasteiger partial charge in [0.25, 0.3) is 11.8 Å². The molecule has 7 nitrogen and oxygen atoms in total. The standard InChI is InChI=1S/C25H29N3O4/c1-17-14-27(15-18(2)32-17)16-20-9-7-19(8-10-20)13-26-23(29)11-12-28-24(30)21-5-3-4-6-22(21)25(28)31/h3-10,17-18H,11-16H2,1-2H3,(H,26,29). The van der Waals surface area contributed by atoms with Crippen LogP contribution in [-0.4, -0.2) is 59.4 Å². The summed E-state index contributed by atoms with van der Waals surface area (Å²) in [6.07, 6.45) is 0.568. The highest BCUT2D eigenvalue weighted by Crippen LogP contribution is 2.22. The molecule has 0 bridgehead atoms. The molecule has 0 aliphatic carbocycles. The number of amides is 3. The molecule has 2 aromatic rings. The van der Waals surface area contributed by atoms with E-state index in [-0.39, 0.29) is 42.9 Å². The van der Waals surface area contributed by atoms with Crippen molar-refractivity contribution in [3.63, 3.8) is 0 Å². The molecule has 1 N–H and O–H groups in total. The zero-order valence-electron chi connectivity index (χ0n) is 18.5. The van der Waals surface area contributed by atoms with E-state index in [1.54, 1.807) is 24.3 Å². The molecule has 2 aliphatic rings. The highest BCUT2D eigenvalue weighted by molar-refractivity contribution is 6.21. The first-order chi connectivity index (χ1) is 15.4. The number of imide groups is 1. The molecule has 0 radical (unpaired) electrons. The lowest BCUT2D eigenvalue weighted by atomic mass is 10.1. The van der Waals surface area contributed by atoms with Gasteiger partial charge in [0.1, 0.15) is 0 Å². The van der Waals surface area contributed by atoms with Crippen molar-refractivity contribution in [1.29, 1.82) is 0 Å². The van der Waals surface area contributed by atoms with E-state index in [4.69, 9.17) is 4.74 Å². The quantitative estimate of drug-likeness (QED) is 0.677. The van der Waals surface area contributed by atoms with Gasteiger partial charge in [-0.15, -0.1) is 0 Å². The molecule has 2 aliphatic heterocycles. The highest BCUT2D eigenvalue weighted by atomic mass is 16.5. The van der Waals surface area contributed by atoms with Gasteiger partial charge in [-0.05, 0) is 37.1 Å². The van der Waals surface area contributed by atoms with Gasteiger partial charge in [-0.1, -0.05) is 36.4 Å². The van der Waals surface area contributed by atoms with Gasteiger partial charge in [-0.2, -0.15) is 0 Å². The number of hydrogen-bond donors (Lipinski definition) is 1. The molecule has 7 heteroatoms. The average Bonchev–Trinajstić information content (AvgIpc) is 3.01. The zero-order chi connectivity index (χ0) is 22.7. The van der Waals surface area contributed by atoms with Gasteiger partial charge < -0.3 is 10.1 Å². The Morgan fingerprint density at radius 1 is 0.938 bits per heavy atom. The Morgan fingerprint density at radius 3 is 2.09 bits per heavy atom. The second-order valence-corrected chi connectivity index (χ2v) is 8.60. The molecule has 1 saturated heterocycles. The fraction of sp³-hybridized carbons (Fsp3) is 0.400. The second kappa shape index (κ2) is 9.63. The third-order valence-electron chi connectivity index (χ3n) is 5.85. The Bertz CT molecular complexity index is 960. The summed E-state index contributed by atoms with van der Waals surface area (Å²) in [4.78, 5) is 40.6. The summed E-state index contributed by atoms with van der Waals surface area (Å²) in [7, 11) is 0. The predicted molar refractivity (Wildman–Crippen MR) is 120 cm³/mol. The van der Waals surface area contributed by atoms with Crippen LogP contribution in [0.1, 0.15) is 52.1 Å². The number of carbonyl (C=O) groups is 3. The molecule has 0 spiro atoms. The first-order valence-electron chi connectivity index (χ1n) is 11.1. The van der Waals surface area contributed by atoms with Crippen LogP contribution in [0.15, 0.2) is 48.5 Å². The molecule has 1 fully saturated rings. The van der Waals surface area contributed by atoms with Gasteiger partial charge in [0, 0.05) is 39.1 Å². The van der Waals surface area contributed by atoms with Crippen LogP contribution in [0.4, 0.5) is 0 Å². The lowest BCUT2D eigenvalue weighted by molar-refractivity contribution is -0.121. The van der Waals surface area contributed by atoms with Crippen LogP contribution in [0.25, 0.3) is 0 Å². The number of rotatable bonds is 7. The molecule has 168 valence electrons. The number of hydrogen-bond acceptors (Lipinski definition) is 5. The molecule has 4 rings (SSSR count). The Balaban J connectivity index is 1.22. The Morgan fingerprint density at radius 2 is 1.50 bits per heavy atom. The summed E-state index contributed by atoms with van der Waals surface area (Å²) >= 11 is 0. The molecule has 0 saturated carbocycles. The molecule has 2 atom stereocenters. The normalized spacial score (nSPS) is 21.0. The molecular weight excluding hydrogens is 406 g/mol. The number of benzene rings is 2. The van der Waals surface area contributed by atoms with Crippen LogP contribution in [0.2, 0.25) is 0 Å². The number of nitrogens with zero attached hydrogens (tertiary/aromatic N) is 2. The smallest absolute Gasteiger partial charge is 0.261 e. The first-order valence-corrected chi connectivity index (χ1v) is 11.1. The number of nitrogens with one attached hydrogen (secondary N) is 1. The van der Waals surface area contributed by atoms with E-state index in [0.29, 0.717) is 17.7 Å². The van der Waals surface area contributed by atoms with Gasteiger partial charge in [0.2, 0.25) is 5.91 Å². The van der Waals surface area contributed by atoms with Crippen LogP contribution in [0.5, 0.6) is 0 Å². The maximum atomic E-state index is 12.4. The molecular formula is C25H29N3O4. The number of carbonyl (C=O) groups excluding carboxylic acids is 3. The molecule has 2 heterocycles. The third kappa shape index (κ3) is 5.06. The average molecular weight is 436 g/mol. The minimum absolute atomic E-state index is 0.0769. The van der Waals surface area contributed by atoms with E-state index in [9.17, 15) is 14.4 Å². The fourth-order valence-electron chi connectivity index (χ4n) is 4.38. The Labute approximate surface area is 188 Å². The van der Waals surface area contributed by atoms with E-state index in [1.807, 2.05) is 12.1 Å². The number of morpholine rings is 1. The van der Waals surface area contributed by atoms with E-state index in [2.05, 4.69) is 36.2 Å². The fourth-order valence-corrected chi connectivity index (χ4v) is 4.38. The number of fused-ring (bicyclic) bond motifs is 1. The zero-order valence-corrected chi connectivity index (χ0v) is 18.5. The second-order valence-electron chi connectivity index (χ2n) is 8.60. The highest BCUT2D eigenvalue weighted by Gasteiger charge is 2.34. The van der Waals surface area contributed by atoms with Gasteiger partial charge in [0.15, 0.2) is 0 Å². The topological polar surface area (TPSA) is 79.0 Å². The first kappa shape index (κ1) is 22.2. The summed E-state index contributed by atoms with van der Waals surface area (Å²) in [5.41, 5.74) is 3.04. The lowest BCUT2D eigenvalue weighted by Gasteiger charge is -2.35. The molecule has 2 unspecified atom stereocenters. The van der Waals surface area contributed by atoms with Gasteiger partial charge in [-0.25, -0.2) is 0 Å². The van der Waals surface area contributed by atoms with Crippen molar-refractivity contribution in [2.75, 3.05) is 19.6 Å². The van der Waals surface area contributed by atoms with Crippen molar-refractivity contribution in [2.24, 2.45) is 0 Å². The van der Waals surface area contributed by atoms with Crippen LogP contribution in [0, 0.1) is 0 Å². The van der Waals surface area contributed by atoms with Crippen LogP contribution in [-0.2, 0) is 22.6 Å². The molecule has 32 heavy (non-hydrogen) atoms. The van der Waals surface area contributed by atoms with Crippen molar-refractivity contribution >= 4 is 17.7 Å². The molecule has 2 aromatic carbocycles. The van der Waals surface area contributed by atoms with Crippen LogP contribution < -0.4 is 5.32 Å². The van der Waals surface area contributed by atoms with Crippen molar-refractivity contribution < 1.29 is 19.1 Å². The number of ether oxygens (including phenoxy) is 1.